The summed E-state index contributed by atoms with van der Waals surface area (Å²) in [7, 11) is 0. The molecule has 0 radical (unpaired) electrons. The van der Waals surface area contributed by atoms with Gasteiger partial charge in [0.15, 0.2) is 0 Å². The smallest absolute Gasteiger partial charge is 0.0107 e. The van der Waals surface area contributed by atoms with Crippen molar-refractivity contribution >= 4 is 12.8 Å². The summed E-state index contributed by atoms with van der Waals surface area (Å²) in [6.45, 7) is 7.60. The van der Waals surface area contributed by atoms with Gasteiger partial charge < -0.3 is 0 Å². The Morgan fingerprint density at radius 2 is 2.00 bits per heavy atom. The Hall–Kier alpha value is 0.310. The van der Waals surface area contributed by atoms with Gasteiger partial charge in [-0.05, 0) is 11.8 Å². The van der Waals surface area contributed by atoms with Crippen LogP contribution in [-0.2, 0) is 0 Å². The van der Waals surface area contributed by atoms with Crippen molar-refractivity contribution in [2.75, 3.05) is 6.54 Å². The Labute approximate surface area is 57.4 Å². The zero-order chi connectivity index (χ0) is 6.62. The number of rotatable bonds is 3. The molecule has 0 aliphatic carbocycles. The highest BCUT2D eigenvalue weighted by molar-refractivity contribution is 7.78. The van der Waals surface area contributed by atoms with E-state index in [0.29, 0.717) is 5.41 Å². The first-order valence-electron chi connectivity index (χ1n) is 2.99. The van der Waals surface area contributed by atoms with Crippen LogP contribution >= 0.6 is 12.8 Å². The van der Waals surface area contributed by atoms with Gasteiger partial charge in [-0.3, -0.25) is 4.72 Å². The molecule has 1 nitrogen and oxygen atoms in total. The van der Waals surface area contributed by atoms with E-state index in [-0.39, 0.29) is 0 Å². The third kappa shape index (κ3) is 3.33. The highest BCUT2D eigenvalue weighted by Gasteiger charge is 2.12. The van der Waals surface area contributed by atoms with Crippen LogP contribution in [0.4, 0.5) is 0 Å². The van der Waals surface area contributed by atoms with E-state index in [1.807, 2.05) is 0 Å². The average Bonchev–Trinajstić information content (AvgIpc) is 1.67. The molecule has 0 amide bonds. The Kier molecular flexibility index (Phi) is 3.49. The Morgan fingerprint density at radius 3 is 2.12 bits per heavy atom. The maximum absolute atomic E-state index is 3.92. The summed E-state index contributed by atoms with van der Waals surface area (Å²) < 4.78 is 2.85. The van der Waals surface area contributed by atoms with Crippen molar-refractivity contribution in [2.24, 2.45) is 5.41 Å². The Balaban J connectivity index is 3.37. The Morgan fingerprint density at radius 1 is 1.50 bits per heavy atom. The first-order valence-corrected chi connectivity index (χ1v) is 3.44. The van der Waals surface area contributed by atoms with Crippen molar-refractivity contribution in [3.63, 3.8) is 0 Å². The SMILES string of the molecule is CCC(C)(C)CNS. The molecule has 0 aromatic rings. The summed E-state index contributed by atoms with van der Waals surface area (Å²) in [6, 6.07) is 0. The molecule has 0 aromatic carbocycles. The van der Waals surface area contributed by atoms with Crippen LogP contribution in [0.2, 0.25) is 0 Å². The van der Waals surface area contributed by atoms with E-state index >= 15 is 0 Å². The fourth-order valence-corrected chi connectivity index (χ4v) is 0.767. The molecular formula is C6H15NS. The maximum atomic E-state index is 3.92. The summed E-state index contributed by atoms with van der Waals surface area (Å²) in [4.78, 5) is 0. The first kappa shape index (κ1) is 8.31. The first-order chi connectivity index (χ1) is 3.62. The maximum Gasteiger partial charge on any atom is 0.0107 e. The summed E-state index contributed by atoms with van der Waals surface area (Å²) in [5, 5.41) is 0. The van der Waals surface area contributed by atoms with Crippen LogP contribution in [0.15, 0.2) is 0 Å². The van der Waals surface area contributed by atoms with Gasteiger partial charge in [0.2, 0.25) is 0 Å². The van der Waals surface area contributed by atoms with Crippen LogP contribution in [0, 0.1) is 5.41 Å². The van der Waals surface area contributed by atoms with Crippen molar-refractivity contribution < 1.29 is 0 Å². The molecule has 8 heavy (non-hydrogen) atoms. The standard InChI is InChI=1S/C6H15NS/c1-4-6(2,3)5-7-8/h7-8H,4-5H2,1-3H3. The van der Waals surface area contributed by atoms with Gasteiger partial charge in [0.05, 0.1) is 0 Å². The van der Waals surface area contributed by atoms with E-state index in [4.69, 9.17) is 0 Å². The van der Waals surface area contributed by atoms with Crippen LogP contribution in [0.25, 0.3) is 0 Å². The molecule has 0 fully saturated rings. The van der Waals surface area contributed by atoms with E-state index in [1.54, 1.807) is 0 Å². The lowest BCUT2D eigenvalue weighted by Gasteiger charge is -2.20. The van der Waals surface area contributed by atoms with Gasteiger partial charge in [0, 0.05) is 6.54 Å². The predicted molar refractivity (Wildman–Crippen MR) is 41.1 cm³/mol. The molecule has 0 aliphatic heterocycles. The quantitative estimate of drug-likeness (QED) is 0.560. The molecule has 0 spiro atoms. The summed E-state index contributed by atoms with van der Waals surface area (Å²) in [6.07, 6.45) is 1.20. The third-order valence-corrected chi connectivity index (χ3v) is 1.67. The number of thiol groups is 1. The van der Waals surface area contributed by atoms with Crippen molar-refractivity contribution in [3.8, 4) is 0 Å². The van der Waals surface area contributed by atoms with Crippen molar-refractivity contribution in [1.29, 1.82) is 0 Å². The number of hydrogen-bond donors (Lipinski definition) is 2. The average molecular weight is 133 g/mol. The van der Waals surface area contributed by atoms with Gasteiger partial charge in [-0.2, -0.15) is 0 Å². The van der Waals surface area contributed by atoms with Gasteiger partial charge in [-0.1, -0.05) is 33.6 Å². The minimum absolute atomic E-state index is 0.405. The third-order valence-electron chi connectivity index (χ3n) is 1.51. The van der Waals surface area contributed by atoms with Crippen LogP contribution in [0.3, 0.4) is 0 Å². The van der Waals surface area contributed by atoms with Gasteiger partial charge >= 0.3 is 0 Å². The lowest BCUT2D eigenvalue weighted by molar-refractivity contribution is 0.355. The normalized spacial score (nSPS) is 12.0. The molecule has 0 rings (SSSR count). The zero-order valence-electron chi connectivity index (χ0n) is 5.86. The highest BCUT2D eigenvalue weighted by atomic mass is 32.1. The fourth-order valence-electron chi connectivity index (χ4n) is 0.339. The fraction of sp³-hybridized carbons (Fsp3) is 1.00. The lowest BCUT2D eigenvalue weighted by Crippen LogP contribution is -2.22. The van der Waals surface area contributed by atoms with Crippen LogP contribution in [-0.4, -0.2) is 6.54 Å². The minimum Gasteiger partial charge on any atom is -0.266 e. The van der Waals surface area contributed by atoms with Crippen LogP contribution < -0.4 is 4.72 Å². The number of nitrogens with one attached hydrogen (secondary N) is 1. The summed E-state index contributed by atoms with van der Waals surface area (Å²) in [5.41, 5.74) is 0.405. The molecular weight excluding hydrogens is 118 g/mol. The largest absolute Gasteiger partial charge is 0.266 e. The van der Waals surface area contributed by atoms with Gasteiger partial charge in [-0.25, -0.2) is 0 Å². The molecule has 50 valence electrons. The van der Waals surface area contributed by atoms with E-state index < -0.39 is 0 Å². The second-order valence-corrected chi connectivity index (χ2v) is 3.17. The van der Waals surface area contributed by atoms with Gasteiger partial charge in [-0.15, -0.1) is 0 Å². The molecule has 0 saturated carbocycles. The van der Waals surface area contributed by atoms with Gasteiger partial charge in [0.1, 0.15) is 0 Å². The zero-order valence-corrected chi connectivity index (χ0v) is 6.76. The van der Waals surface area contributed by atoms with E-state index in [0.717, 1.165) is 6.54 Å². The topological polar surface area (TPSA) is 12.0 Å². The van der Waals surface area contributed by atoms with E-state index in [9.17, 15) is 0 Å². The second-order valence-electron chi connectivity index (χ2n) is 2.85. The van der Waals surface area contributed by atoms with Crippen molar-refractivity contribution in [1.82, 2.24) is 4.72 Å². The molecule has 1 N–H and O–H groups in total. The molecule has 0 heterocycles. The molecule has 0 saturated heterocycles. The highest BCUT2D eigenvalue weighted by Crippen LogP contribution is 2.17. The second kappa shape index (κ2) is 3.36. The summed E-state index contributed by atoms with van der Waals surface area (Å²) in [5.74, 6) is 0. The molecule has 0 unspecified atom stereocenters. The number of hydrogen-bond acceptors (Lipinski definition) is 2. The molecule has 0 aliphatic rings. The molecule has 0 bridgehead atoms. The lowest BCUT2D eigenvalue weighted by atomic mass is 9.91. The molecule has 2 heteroatoms. The van der Waals surface area contributed by atoms with Crippen molar-refractivity contribution in [2.45, 2.75) is 27.2 Å². The summed E-state index contributed by atoms with van der Waals surface area (Å²) >= 11 is 3.92. The van der Waals surface area contributed by atoms with Gasteiger partial charge in [0.25, 0.3) is 0 Å². The van der Waals surface area contributed by atoms with E-state index in [1.165, 1.54) is 6.42 Å². The molecule has 0 atom stereocenters. The van der Waals surface area contributed by atoms with Crippen LogP contribution in [0.1, 0.15) is 27.2 Å². The van der Waals surface area contributed by atoms with E-state index in [2.05, 4.69) is 38.3 Å². The van der Waals surface area contributed by atoms with Crippen LogP contribution in [0.5, 0.6) is 0 Å². The Bertz CT molecular complexity index is 61.5. The monoisotopic (exact) mass is 133 g/mol. The predicted octanol–water partition coefficient (Wildman–Crippen LogP) is 1.86. The van der Waals surface area contributed by atoms with Crippen molar-refractivity contribution in [3.05, 3.63) is 0 Å². The minimum atomic E-state index is 0.405. The molecule has 0 aromatic heterocycles.